The van der Waals surface area contributed by atoms with Gasteiger partial charge < -0.3 is 9.90 Å². The molecule has 1 atom stereocenters. The summed E-state index contributed by atoms with van der Waals surface area (Å²) in [6, 6.07) is 0. The van der Waals surface area contributed by atoms with Gasteiger partial charge in [0.15, 0.2) is 0 Å². The van der Waals surface area contributed by atoms with Crippen molar-refractivity contribution in [2.75, 3.05) is 12.0 Å². The molecule has 12 heavy (non-hydrogen) atoms. The van der Waals surface area contributed by atoms with Crippen LogP contribution in [0, 0.1) is 5.92 Å². The number of sulfone groups is 1. The summed E-state index contributed by atoms with van der Waals surface area (Å²) in [6.45, 7) is 1.43. The van der Waals surface area contributed by atoms with E-state index in [0.29, 0.717) is 0 Å². The third kappa shape index (κ3) is 8.12. The maximum atomic E-state index is 10.5. The van der Waals surface area contributed by atoms with Crippen LogP contribution in [0.1, 0.15) is 13.3 Å². The first-order valence-corrected chi connectivity index (χ1v) is 5.27. The van der Waals surface area contributed by atoms with Gasteiger partial charge in [-0.2, -0.15) is 0 Å². The Hall–Kier alpha value is 0.0174. The number of carboxylic acid groups (broad SMARTS) is 1. The number of aliphatic carboxylic acids is 1. The van der Waals surface area contributed by atoms with Crippen molar-refractivity contribution in [3.05, 3.63) is 0 Å². The van der Waals surface area contributed by atoms with Gasteiger partial charge in [0.1, 0.15) is 9.84 Å². The molecule has 0 amide bonds. The van der Waals surface area contributed by atoms with Gasteiger partial charge in [-0.15, -0.1) is 0 Å². The van der Waals surface area contributed by atoms with Crippen LogP contribution >= 0.6 is 0 Å². The van der Waals surface area contributed by atoms with Crippen LogP contribution < -0.4 is 24.0 Å². The summed E-state index contributed by atoms with van der Waals surface area (Å²) >= 11 is 0. The SMILES string of the molecule is CC(CCS(C)(=O)=O)C(=O)[O-].[Li+]. The number of hydrogen-bond acceptors (Lipinski definition) is 4. The van der Waals surface area contributed by atoms with Crippen molar-refractivity contribution in [2.45, 2.75) is 13.3 Å². The molecule has 0 aliphatic heterocycles. The first-order chi connectivity index (χ1) is 4.83. The van der Waals surface area contributed by atoms with Crippen molar-refractivity contribution in [3.63, 3.8) is 0 Å². The molecule has 4 nitrogen and oxygen atoms in total. The number of carbonyl (C=O) groups is 1. The van der Waals surface area contributed by atoms with Crippen molar-refractivity contribution in [2.24, 2.45) is 5.92 Å². The van der Waals surface area contributed by atoms with Gasteiger partial charge in [0.05, 0.1) is 5.75 Å². The molecule has 0 saturated carbocycles. The fourth-order valence-corrected chi connectivity index (χ4v) is 1.29. The third-order valence-electron chi connectivity index (χ3n) is 1.32. The van der Waals surface area contributed by atoms with E-state index in [1.54, 1.807) is 0 Å². The Morgan fingerprint density at radius 1 is 1.50 bits per heavy atom. The average molecular weight is 186 g/mol. The van der Waals surface area contributed by atoms with Crippen molar-refractivity contribution in [3.8, 4) is 0 Å². The van der Waals surface area contributed by atoms with Crippen LogP contribution in [0.5, 0.6) is 0 Å². The summed E-state index contributed by atoms with van der Waals surface area (Å²) in [5.41, 5.74) is 0. The fourth-order valence-electron chi connectivity index (χ4n) is 0.509. The van der Waals surface area contributed by atoms with Crippen LogP contribution in [0.15, 0.2) is 0 Å². The van der Waals surface area contributed by atoms with Gasteiger partial charge in [0.2, 0.25) is 0 Å². The van der Waals surface area contributed by atoms with E-state index in [4.69, 9.17) is 0 Å². The molecule has 0 heterocycles. The van der Waals surface area contributed by atoms with Crippen LogP contribution in [-0.2, 0) is 14.6 Å². The molecule has 0 rings (SSSR count). The Balaban J connectivity index is 0. The third-order valence-corrected chi connectivity index (χ3v) is 2.30. The minimum Gasteiger partial charge on any atom is -0.550 e. The molecule has 0 spiro atoms. The van der Waals surface area contributed by atoms with Gasteiger partial charge in [-0.05, 0) is 12.3 Å². The summed E-state index contributed by atoms with van der Waals surface area (Å²) < 4.78 is 21.1. The maximum Gasteiger partial charge on any atom is 1.00 e. The molecule has 0 fully saturated rings. The van der Waals surface area contributed by atoms with E-state index in [9.17, 15) is 18.3 Å². The Kier molecular flexibility index (Phi) is 6.82. The Labute approximate surface area is 84.4 Å². The second kappa shape index (κ2) is 5.63. The van der Waals surface area contributed by atoms with Gasteiger partial charge in [-0.3, -0.25) is 0 Å². The van der Waals surface area contributed by atoms with Crippen molar-refractivity contribution >= 4 is 15.8 Å². The van der Waals surface area contributed by atoms with E-state index < -0.39 is 21.7 Å². The molecule has 0 aromatic rings. The molecule has 0 bridgehead atoms. The molecule has 6 heteroatoms. The van der Waals surface area contributed by atoms with E-state index in [1.807, 2.05) is 0 Å². The second-order valence-electron chi connectivity index (χ2n) is 2.64. The summed E-state index contributed by atoms with van der Waals surface area (Å²) in [5.74, 6) is -1.99. The molecule has 0 aromatic heterocycles. The van der Waals surface area contributed by atoms with E-state index >= 15 is 0 Å². The van der Waals surface area contributed by atoms with Crippen LogP contribution in [-0.4, -0.2) is 26.4 Å². The molecule has 0 saturated heterocycles. The average Bonchev–Trinajstić information content (AvgIpc) is 1.80. The normalized spacial score (nSPS) is 13.2. The molecule has 0 aliphatic carbocycles. The minimum atomic E-state index is -3.04. The molecule has 66 valence electrons. The van der Waals surface area contributed by atoms with Gasteiger partial charge in [0.25, 0.3) is 0 Å². The Morgan fingerprint density at radius 3 is 2.17 bits per heavy atom. The number of carbonyl (C=O) groups excluding carboxylic acids is 1. The molecular formula is C6H11LiO4S. The van der Waals surface area contributed by atoms with Crippen molar-refractivity contribution in [1.29, 1.82) is 0 Å². The number of rotatable bonds is 4. The zero-order valence-corrected chi connectivity index (χ0v) is 8.35. The molecule has 0 radical (unpaired) electrons. The summed E-state index contributed by atoms with van der Waals surface area (Å²) in [5, 5.41) is 10.1. The van der Waals surface area contributed by atoms with E-state index in [2.05, 4.69) is 0 Å². The summed E-state index contributed by atoms with van der Waals surface area (Å²) in [7, 11) is -3.04. The van der Waals surface area contributed by atoms with Gasteiger partial charge in [-0.1, -0.05) is 6.92 Å². The van der Waals surface area contributed by atoms with Crippen LogP contribution in [0.3, 0.4) is 0 Å². The predicted molar refractivity (Wildman–Crippen MR) is 38.5 cm³/mol. The fraction of sp³-hybridized carbons (Fsp3) is 0.833. The molecule has 0 aliphatic rings. The quantitative estimate of drug-likeness (QED) is 0.417. The standard InChI is InChI=1S/C6H12O4S.Li/c1-5(6(7)8)3-4-11(2,9)10;/h5H,3-4H2,1-2H3,(H,7,8);/q;+1/p-1. The summed E-state index contributed by atoms with van der Waals surface area (Å²) in [6.07, 6.45) is 1.20. The van der Waals surface area contributed by atoms with Crippen LogP contribution in [0.2, 0.25) is 0 Å². The topological polar surface area (TPSA) is 74.3 Å². The zero-order valence-electron chi connectivity index (χ0n) is 7.53. The molecule has 0 N–H and O–H groups in total. The van der Waals surface area contributed by atoms with E-state index in [1.165, 1.54) is 6.92 Å². The van der Waals surface area contributed by atoms with Crippen LogP contribution in [0.4, 0.5) is 0 Å². The predicted octanol–water partition coefficient (Wildman–Crippen LogP) is -4.19. The number of hydrogen-bond donors (Lipinski definition) is 0. The maximum absolute atomic E-state index is 10.5. The monoisotopic (exact) mass is 186 g/mol. The summed E-state index contributed by atoms with van der Waals surface area (Å²) in [4.78, 5) is 10.1. The molecule has 1 unspecified atom stereocenters. The smallest absolute Gasteiger partial charge is 0.550 e. The second-order valence-corrected chi connectivity index (χ2v) is 4.90. The molecular weight excluding hydrogens is 175 g/mol. The van der Waals surface area contributed by atoms with Crippen LogP contribution in [0.25, 0.3) is 0 Å². The first kappa shape index (κ1) is 14.5. The Bertz CT molecular complexity index is 234. The van der Waals surface area contributed by atoms with Gasteiger partial charge in [0, 0.05) is 12.2 Å². The zero-order chi connectivity index (χ0) is 9.07. The van der Waals surface area contributed by atoms with Crippen molar-refractivity contribution < 1.29 is 37.2 Å². The minimum absolute atomic E-state index is 0. The number of carboxylic acids is 1. The Morgan fingerprint density at radius 2 is 1.92 bits per heavy atom. The van der Waals surface area contributed by atoms with E-state index in [-0.39, 0.29) is 31.0 Å². The first-order valence-electron chi connectivity index (χ1n) is 3.21. The van der Waals surface area contributed by atoms with Crippen molar-refractivity contribution in [1.82, 2.24) is 0 Å². The largest absolute Gasteiger partial charge is 1.00 e. The molecule has 0 aromatic carbocycles. The van der Waals surface area contributed by atoms with Gasteiger partial charge in [-0.25, -0.2) is 8.42 Å². The van der Waals surface area contributed by atoms with Gasteiger partial charge >= 0.3 is 18.9 Å². The van der Waals surface area contributed by atoms with E-state index in [0.717, 1.165) is 6.26 Å².